The standard InChI is InChI=1S/C18H32O5/c1-10(2)18(8,9-17(5,6)7)16(21)22-12(4)14-13(19)11(3)15(20)23-14/h10-14,19H,9H2,1-8H3. The van der Waals surface area contributed by atoms with Crippen LogP contribution in [0.3, 0.4) is 0 Å². The molecule has 0 aromatic heterocycles. The van der Waals surface area contributed by atoms with Crippen LogP contribution in [-0.4, -0.2) is 35.4 Å². The summed E-state index contributed by atoms with van der Waals surface area (Å²) in [6.07, 6.45) is -1.73. The molecule has 0 saturated carbocycles. The number of carbonyl (C=O) groups excluding carboxylic acids is 2. The Hall–Kier alpha value is -1.10. The molecule has 5 nitrogen and oxygen atoms in total. The van der Waals surface area contributed by atoms with Crippen LogP contribution in [0.5, 0.6) is 0 Å². The van der Waals surface area contributed by atoms with Gasteiger partial charge in [-0.05, 0) is 38.5 Å². The third-order valence-electron chi connectivity index (χ3n) is 4.87. The Balaban J connectivity index is 2.85. The van der Waals surface area contributed by atoms with E-state index in [2.05, 4.69) is 20.8 Å². The molecule has 23 heavy (non-hydrogen) atoms. The largest absolute Gasteiger partial charge is 0.458 e. The minimum Gasteiger partial charge on any atom is -0.458 e. The molecule has 0 aromatic carbocycles. The van der Waals surface area contributed by atoms with Gasteiger partial charge >= 0.3 is 11.9 Å². The summed E-state index contributed by atoms with van der Waals surface area (Å²) in [5, 5.41) is 10.1. The second-order valence-electron chi connectivity index (χ2n) is 8.60. The van der Waals surface area contributed by atoms with Crippen LogP contribution in [0.2, 0.25) is 0 Å². The van der Waals surface area contributed by atoms with E-state index in [0.29, 0.717) is 6.42 Å². The van der Waals surface area contributed by atoms with Crippen molar-refractivity contribution in [2.45, 2.75) is 80.1 Å². The molecular formula is C18H32O5. The fourth-order valence-corrected chi connectivity index (χ4v) is 3.09. The molecule has 1 heterocycles. The Bertz CT molecular complexity index is 451. The summed E-state index contributed by atoms with van der Waals surface area (Å²) in [6, 6.07) is 0. The number of carbonyl (C=O) groups is 2. The first kappa shape index (κ1) is 19.9. The van der Waals surface area contributed by atoms with E-state index in [1.165, 1.54) is 0 Å². The number of aliphatic hydroxyl groups is 1. The van der Waals surface area contributed by atoms with Gasteiger partial charge in [0.15, 0.2) is 6.10 Å². The summed E-state index contributed by atoms with van der Waals surface area (Å²) in [4.78, 5) is 24.3. The third-order valence-corrected chi connectivity index (χ3v) is 4.87. The van der Waals surface area contributed by atoms with Crippen molar-refractivity contribution in [2.75, 3.05) is 0 Å². The van der Waals surface area contributed by atoms with Crippen molar-refractivity contribution in [3.05, 3.63) is 0 Å². The summed E-state index contributed by atoms with van der Waals surface area (Å²) in [6.45, 7) is 15.5. The SMILES string of the molecule is CC(OC(=O)C(C)(CC(C)(C)C)C(C)C)C1OC(=O)C(C)C1O. The lowest BCUT2D eigenvalue weighted by Gasteiger charge is -2.38. The molecule has 5 atom stereocenters. The third kappa shape index (κ3) is 4.46. The van der Waals surface area contributed by atoms with Crippen LogP contribution < -0.4 is 0 Å². The van der Waals surface area contributed by atoms with Crippen molar-refractivity contribution in [3.63, 3.8) is 0 Å². The van der Waals surface area contributed by atoms with Gasteiger partial charge in [-0.3, -0.25) is 9.59 Å². The molecule has 0 spiro atoms. The summed E-state index contributed by atoms with van der Waals surface area (Å²) in [5.74, 6) is -1.24. The molecule has 0 amide bonds. The molecule has 5 heteroatoms. The van der Waals surface area contributed by atoms with Crippen molar-refractivity contribution in [2.24, 2.45) is 22.7 Å². The molecule has 5 unspecified atom stereocenters. The van der Waals surface area contributed by atoms with Gasteiger partial charge in [-0.1, -0.05) is 34.6 Å². The number of rotatable bonds is 5. The van der Waals surface area contributed by atoms with E-state index in [-0.39, 0.29) is 17.3 Å². The van der Waals surface area contributed by atoms with E-state index in [0.717, 1.165) is 0 Å². The van der Waals surface area contributed by atoms with Gasteiger partial charge in [0.2, 0.25) is 0 Å². The van der Waals surface area contributed by atoms with Gasteiger partial charge < -0.3 is 14.6 Å². The number of hydrogen-bond acceptors (Lipinski definition) is 5. The van der Waals surface area contributed by atoms with E-state index in [1.54, 1.807) is 13.8 Å². The van der Waals surface area contributed by atoms with Gasteiger partial charge in [0.25, 0.3) is 0 Å². The molecule has 1 fully saturated rings. The summed E-state index contributed by atoms with van der Waals surface area (Å²) >= 11 is 0. The second-order valence-corrected chi connectivity index (χ2v) is 8.60. The van der Waals surface area contributed by atoms with Gasteiger partial charge in [-0.25, -0.2) is 0 Å². The Morgan fingerprint density at radius 3 is 2.13 bits per heavy atom. The highest BCUT2D eigenvalue weighted by Crippen LogP contribution is 2.41. The molecule has 1 aliphatic heterocycles. The lowest BCUT2D eigenvalue weighted by Crippen LogP contribution is -2.44. The highest BCUT2D eigenvalue weighted by atomic mass is 16.6. The van der Waals surface area contributed by atoms with Gasteiger partial charge in [0, 0.05) is 0 Å². The molecule has 0 aliphatic carbocycles. The molecular weight excluding hydrogens is 296 g/mol. The van der Waals surface area contributed by atoms with Gasteiger partial charge in [-0.2, -0.15) is 0 Å². The molecule has 0 radical (unpaired) electrons. The Labute approximate surface area is 139 Å². The first-order chi connectivity index (χ1) is 10.3. The number of cyclic esters (lactones) is 1. The Morgan fingerprint density at radius 1 is 1.26 bits per heavy atom. The van der Waals surface area contributed by atoms with Gasteiger partial charge in [0.05, 0.1) is 11.3 Å². The fraction of sp³-hybridized carbons (Fsp3) is 0.889. The zero-order valence-electron chi connectivity index (χ0n) is 15.7. The average molecular weight is 328 g/mol. The Kier molecular flexibility index (Phi) is 5.89. The molecule has 1 N–H and O–H groups in total. The van der Waals surface area contributed by atoms with Gasteiger partial charge in [0.1, 0.15) is 12.2 Å². The summed E-state index contributed by atoms with van der Waals surface area (Å²) in [7, 11) is 0. The van der Waals surface area contributed by atoms with Crippen LogP contribution in [0, 0.1) is 22.7 Å². The van der Waals surface area contributed by atoms with E-state index >= 15 is 0 Å². The lowest BCUT2D eigenvalue weighted by atomic mass is 9.69. The minimum atomic E-state index is -0.946. The molecule has 1 saturated heterocycles. The molecule has 134 valence electrons. The molecule has 1 aliphatic rings. The first-order valence-electron chi connectivity index (χ1n) is 8.39. The van der Waals surface area contributed by atoms with Crippen LogP contribution in [0.1, 0.15) is 61.8 Å². The van der Waals surface area contributed by atoms with Crippen molar-refractivity contribution in [3.8, 4) is 0 Å². The number of aliphatic hydroxyl groups excluding tert-OH is 1. The maximum Gasteiger partial charge on any atom is 0.312 e. The maximum absolute atomic E-state index is 12.8. The number of ether oxygens (including phenoxy) is 2. The smallest absolute Gasteiger partial charge is 0.312 e. The van der Waals surface area contributed by atoms with Crippen LogP contribution in [0.15, 0.2) is 0 Å². The molecule has 0 bridgehead atoms. The van der Waals surface area contributed by atoms with Gasteiger partial charge in [-0.15, -0.1) is 0 Å². The number of esters is 2. The normalized spacial score (nSPS) is 29.1. The maximum atomic E-state index is 12.8. The zero-order chi connectivity index (χ0) is 18.2. The van der Waals surface area contributed by atoms with Crippen molar-refractivity contribution in [1.82, 2.24) is 0 Å². The second kappa shape index (κ2) is 6.80. The number of hydrogen-bond donors (Lipinski definition) is 1. The first-order valence-corrected chi connectivity index (χ1v) is 8.39. The highest BCUT2D eigenvalue weighted by molar-refractivity contribution is 5.78. The predicted molar refractivity (Wildman–Crippen MR) is 87.6 cm³/mol. The predicted octanol–water partition coefficient (Wildman–Crippen LogP) is 2.94. The monoisotopic (exact) mass is 328 g/mol. The topological polar surface area (TPSA) is 72.8 Å². The average Bonchev–Trinajstić information content (AvgIpc) is 2.64. The fourth-order valence-electron chi connectivity index (χ4n) is 3.09. The quantitative estimate of drug-likeness (QED) is 0.786. The van der Waals surface area contributed by atoms with Crippen LogP contribution in [-0.2, 0) is 19.1 Å². The van der Waals surface area contributed by atoms with E-state index in [1.807, 2.05) is 20.8 Å². The summed E-state index contributed by atoms with van der Waals surface area (Å²) < 4.78 is 10.8. The van der Waals surface area contributed by atoms with Crippen LogP contribution in [0.25, 0.3) is 0 Å². The van der Waals surface area contributed by atoms with Crippen LogP contribution >= 0.6 is 0 Å². The van der Waals surface area contributed by atoms with E-state index < -0.39 is 35.6 Å². The minimum absolute atomic E-state index is 0.0187. The molecule has 0 aromatic rings. The van der Waals surface area contributed by atoms with E-state index in [4.69, 9.17) is 9.47 Å². The molecule has 1 rings (SSSR count). The highest BCUT2D eigenvalue weighted by Gasteiger charge is 2.47. The summed E-state index contributed by atoms with van der Waals surface area (Å²) in [5.41, 5.74) is -0.652. The van der Waals surface area contributed by atoms with Crippen molar-refractivity contribution in [1.29, 1.82) is 0 Å². The lowest BCUT2D eigenvalue weighted by molar-refractivity contribution is -0.175. The van der Waals surface area contributed by atoms with Crippen LogP contribution in [0.4, 0.5) is 0 Å². The van der Waals surface area contributed by atoms with E-state index in [9.17, 15) is 14.7 Å². The zero-order valence-corrected chi connectivity index (χ0v) is 15.7. The van der Waals surface area contributed by atoms with Crippen molar-refractivity contribution < 1.29 is 24.2 Å². The van der Waals surface area contributed by atoms with Crippen molar-refractivity contribution >= 4 is 11.9 Å². The Morgan fingerprint density at radius 2 is 1.78 bits per heavy atom.